The average molecular weight is 308 g/mol. The van der Waals surface area contributed by atoms with E-state index >= 15 is 0 Å². The van der Waals surface area contributed by atoms with Crippen LogP contribution in [-0.4, -0.2) is 46.7 Å². The number of thioether (sulfide) groups is 1. The van der Waals surface area contributed by atoms with Gasteiger partial charge in [0, 0.05) is 24.4 Å². The number of aliphatic hydroxyl groups excluding tert-OH is 1. The van der Waals surface area contributed by atoms with Gasteiger partial charge in [0.15, 0.2) is 0 Å². The number of aliphatic hydroxyl groups is 1. The van der Waals surface area contributed by atoms with E-state index in [0.717, 1.165) is 12.0 Å². The summed E-state index contributed by atoms with van der Waals surface area (Å²) < 4.78 is 0. The molecule has 1 aliphatic rings. The number of carbonyl (C=O) groups is 1. The first kappa shape index (κ1) is 16.2. The molecule has 5 heteroatoms. The number of nitrogens with one attached hydrogen (secondary N) is 1. The lowest BCUT2D eigenvalue weighted by Gasteiger charge is -2.26. The highest BCUT2D eigenvalue weighted by Crippen LogP contribution is 2.28. The number of carbonyl (C=O) groups excluding carboxylic acids is 1. The molecular weight excluding hydrogens is 284 g/mol. The molecule has 116 valence electrons. The number of urea groups is 1. The number of rotatable bonds is 6. The van der Waals surface area contributed by atoms with Crippen molar-refractivity contribution >= 4 is 17.8 Å². The fraction of sp³-hybridized carbons (Fsp3) is 0.562. The van der Waals surface area contributed by atoms with Crippen LogP contribution in [0.25, 0.3) is 0 Å². The van der Waals surface area contributed by atoms with Gasteiger partial charge in [-0.2, -0.15) is 11.8 Å². The lowest BCUT2D eigenvalue weighted by Crippen LogP contribution is -2.47. The van der Waals surface area contributed by atoms with Crippen molar-refractivity contribution in [3.8, 4) is 0 Å². The highest BCUT2D eigenvalue weighted by Gasteiger charge is 2.29. The summed E-state index contributed by atoms with van der Waals surface area (Å²) in [4.78, 5) is 14.1. The fourth-order valence-electron chi connectivity index (χ4n) is 2.80. The maximum Gasteiger partial charge on any atom is 0.318 e. The Kier molecular flexibility index (Phi) is 6.39. The van der Waals surface area contributed by atoms with Gasteiger partial charge in [0.25, 0.3) is 0 Å². The SMILES string of the molecule is CS[C@H]1CCC[C@@H]1NC(=O)N(CCO)Cc1ccccc1. The van der Waals surface area contributed by atoms with Crippen LogP contribution in [0.1, 0.15) is 24.8 Å². The summed E-state index contributed by atoms with van der Waals surface area (Å²) in [5, 5.41) is 12.9. The van der Waals surface area contributed by atoms with Gasteiger partial charge in [-0.15, -0.1) is 0 Å². The van der Waals surface area contributed by atoms with Crippen molar-refractivity contribution in [3.05, 3.63) is 35.9 Å². The Morgan fingerprint density at radius 1 is 1.38 bits per heavy atom. The molecule has 2 atom stereocenters. The van der Waals surface area contributed by atoms with Gasteiger partial charge in [-0.3, -0.25) is 0 Å². The quantitative estimate of drug-likeness (QED) is 0.849. The summed E-state index contributed by atoms with van der Waals surface area (Å²) in [6, 6.07) is 10.1. The van der Waals surface area contributed by atoms with E-state index in [-0.39, 0.29) is 18.7 Å². The Labute approximate surface area is 130 Å². The van der Waals surface area contributed by atoms with Crippen molar-refractivity contribution < 1.29 is 9.90 Å². The predicted molar refractivity (Wildman–Crippen MR) is 87.4 cm³/mol. The van der Waals surface area contributed by atoms with E-state index in [2.05, 4.69) is 11.6 Å². The highest BCUT2D eigenvalue weighted by molar-refractivity contribution is 7.99. The predicted octanol–water partition coefficient (Wildman–Crippen LogP) is 2.47. The Morgan fingerprint density at radius 3 is 2.81 bits per heavy atom. The molecule has 2 amide bonds. The lowest BCUT2D eigenvalue weighted by atomic mass is 10.2. The van der Waals surface area contributed by atoms with Crippen LogP contribution in [0.3, 0.4) is 0 Å². The summed E-state index contributed by atoms with van der Waals surface area (Å²) in [7, 11) is 0. The van der Waals surface area contributed by atoms with Crippen molar-refractivity contribution in [1.29, 1.82) is 0 Å². The van der Waals surface area contributed by atoms with Gasteiger partial charge in [-0.25, -0.2) is 4.79 Å². The number of nitrogens with zero attached hydrogens (tertiary/aromatic N) is 1. The van der Waals surface area contributed by atoms with E-state index in [1.54, 1.807) is 4.90 Å². The average Bonchev–Trinajstić information content (AvgIpc) is 2.95. The number of benzene rings is 1. The van der Waals surface area contributed by atoms with Crippen LogP contribution >= 0.6 is 11.8 Å². The minimum absolute atomic E-state index is 0.0170. The van der Waals surface area contributed by atoms with E-state index in [4.69, 9.17) is 0 Å². The first-order valence-corrected chi connectivity index (χ1v) is 8.76. The van der Waals surface area contributed by atoms with Gasteiger partial charge in [0.05, 0.1) is 6.61 Å². The summed E-state index contributed by atoms with van der Waals surface area (Å²) in [5.41, 5.74) is 1.08. The topological polar surface area (TPSA) is 52.6 Å². The van der Waals surface area contributed by atoms with Gasteiger partial charge in [-0.05, 0) is 24.7 Å². The molecule has 0 unspecified atom stereocenters. The molecule has 0 aromatic heterocycles. The first-order valence-electron chi connectivity index (χ1n) is 7.47. The minimum Gasteiger partial charge on any atom is -0.395 e. The van der Waals surface area contributed by atoms with E-state index in [9.17, 15) is 9.90 Å². The van der Waals surface area contributed by atoms with E-state index < -0.39 is 0 Å². The number of hydrogen-bond acceptors (Lipinski definition) is 3. The van der Waals surface area contributed by atoms with Crippen molar-refractivity contribution in [1.82, 2.24) is 10.2 Å². The van der Waals surface area contributed by atoms with E-state index in [1.807, 2.05) is 42.1 Å². The van der Waals surface area contributed by atoms with Crippen LogP contribution in [0, 0.1) is 0 Å². The minimum atomic E-state index is -0.0705. The third kappa shape index (κ3) is 4.64. The molecule has 0 spiro atoms. The monoisotopic (exact) mass is 308 g/mol. The van der Waals surface area contributed by atoms with E-state index in [1.165, 1.54) is 12.8 Å². The Bertz CT molecular complexity index is 441. The largest absolute Gasteiger partial charge is 0.395 e. The van der Waals surface area contributed by atoms with Crippen LogP contribution in [0.4, 0.5) is 4.79 Å². The Balaban J connectivity index is 1.95. The number of amides is 2. The Hall–Kier alpha value is -1.20. The standard InChI is InChI=1S/C16H24N2O2S/c1-21-15-9-5-8-14(15)17-16(20)18(10-11-19)12-13-6-3-2-4-7-13/h2-4,6-7,14-15,19H,5,8-12H2,1H3,(H,17,20)/t14-,15-/m0/s1. The van der Waals surface area contributed by atoms with Gasteiger partial charge in [0.1, 0.15) is 0 Å². The maximum atomic E-state index is 12.4. The normalized spacial score (nSPS) is 21.2. The Morgan fingerprint density at radius 2 is 2.14 bits per heavy atom. The molecule has 1 aromatic carbocycles. The highest BCUT2D eigenvalue weighted by atomic mass is 32.2. The van der Waals surface area contributed by atoms with Gasteiger partial charge in [-0.1, -0.05) is 36.8 Å². The van der Waals surface area contributed by atoms with E-state index in [0.29, 0.717) is 18.3 Å². The summed E-state index contributed by atoms with van der Waals surface area (Å²) in [5.74, 6) is 0. The van der Waals surface area contributed by atoms with Crippen molar-refractivity contribution in [2.45, 2.75) is 37.1 Å². The lowest BCUT2D eigenvalue weighted by molar-refractivity contribution is 0.171. The second-order valence-corrected chi connectivity index (χ2v) is 6.47. The molecule has 0 bridgehead atoms. The maximum absolute atomic E-state index is 12.4. The second-order valence-electron chi connectivity index (χ2n) is 5.39. The van der Waals surface area contributed by atoms with Crippen LogP contribution < -0.4 is 5.32 Å². The van der Waals surface area contributed by atoms with Gasteiger partial charge >= 0.3 is 6.03 Å². The van der Waals surface area contributed by atoms with Crippen LogP contribution in [0.2, 0.25) is 0 Å². The molecule has 0 saturated heterocycles. The molecule has 4 nitrogen and oxygen atoms in total. The molecule has 1 aliphatic carbocycles. The zero-order valence-electron chi connectivity index (χ0n) is 12.5. The second kappa shape index (κ2) is 8.29. The summed E-state index contributed by atoms with van der Waals surface area (Å²) in [6.07, 6.45) is 5.50. The fourth-order valence-corrected chi connectivity index (χ4v) is 3.74. The molecule has 0 heterocycles. The molecule has 2 rings (SSSR count). The third-order valence-electron chi connectivity index (χ3n) is 3.94. The van der Waals surface area contributed by atoms with Gasteiger partial charge in [0.2, 0.25) is 0 Å². The van der Waals surface area contributed by atoms with Crippen molar-refractivity contribution in [3.63, 3.8) is 0 Å². The molecule has 21 heavy (non-hydrogen) atoms. The summed E-state index contributed by atoms with van der Waals surface area (Å²) >= 11 is 1.83. The summed E-state index contributed by atoms with van der Waals surface area (Å²) in [6.45, 7) is 0.873. The molecule has 0 aliphatic heterocycles. The zero-order valence-corrected chi connectivity index (χ0v) is 13.3. The van der Waals surface area contributed by atoms with Crippen molar-refractivity contribution in [2.24, 2.45) is 0 Å². The molecular formula is C16H24N2O2S. The molecule has 0 radical (unpaired) electrons. The molecule has 2 N–H and O–H groups in total. The molecule has 1 fully saturated rings. The van der Waals surface area contributed by atoms with Crippen molar-refractivity contribution in [2.75, 3.05) is 19.4 Å². The zero-order chi connectivity index (χ0) is 15.1. The molecule has 1 saturated carbocycles. The van der Waals surface area contributed by atoms with Crippen LogP contribution in [0.5, 0.6) is 0 Å². The third-order valence-corrected chi connectivity index (χ3v) is 5.11. The van der Waals surface area contributed by atoms with Crippen LogP contribution in [0.15, 0.2) is 30.3 Å². The van der Waals surface area contributed by atoms with Gasteiger partial charge < -0.3 is 15.3 Å². The van der Waals surface area contributed by atoms with Crippen LogP contribution in [-0.2, 0) is 6.54 Å². The first-order chi connectivity index (χ1) is 10.2. The number of hydrogen-bond donors (Lipinski definition) is 2. The molecule has 1 aromatic rings. The smallest absolute Gasteiger partial charge is 0.318 e.